The fraction of sp³-hybridized carbons (Fsp3) is 0.944. The third kappa shape index (κ3) is 7.08. The molecular weight excluding hydrogens is 290 g/mol. The van der Waals surface area contributed by atoms with Crippen molar-refractivity contribution in [2.75, 3.05) is 46.6 Å². The molecule has 0 bridgehead atoms. The summed E-state index contributed by atoms with van der Waals surface area (Å²) in [5, 5.41) is 6.77. The molecule has 2 saturated carbocycles. The predicted octanol–water partition coefficient (Wildman–Crippen LogP) is 2.57. The highest BCUT2D eigenvalue weighted by Gasteiger charge is 2.36. The SMILES string of the molecule is CCNC(=NCC1(CCOC)CCC1)NCCCOCC1CC1. The van der Waals surface area contributed by atoms with Gasteiger partial charge in [0.25, 0.3) is 0 Å². The molecule has 5 nitrogen and oxygen atoms in total. The Balaban J connectivity index is 1.64. The maximum absolute atomic E-state index is 5.67. The average Bonchev–Trinajstić information content (AvgIpc) is 3.33. The molecule has 2 aliphatic rings. The van der Waals surface area contributed by atoms with Crippen molar-refractivity contribution in [2.45, 2.75) is 51.9 Å². The largest absolute Gasteiger partial charge is 0.385 e. The van der Waals surface area contributed by atoms with Crippen LogP contribution in [0.1, 0.15) is 51.9 Å². The van der Waals surface area contributed by atoms with Gasteiger partial charge in [0.05, 0.1) is 0 Å². The molecule has 0 amide bonds. The number of nitrogens with one attached hydrogen (secondary N) is 2. The van der Waals surface area contributed by atoms with Crippen LogP contribution in [-0.4, -0.2) is 52.5 Å². The number of rotatable bonds is 12. The maximum Gasteiger partial charge on any atom is 0.191 e. The average molecular weight is 325 g/mol. The Morgan fingerprint density at radius 2 is 2.04 bits per heavy atom. The van der Waals surface area contributed by atoms with Crippen LogP contribution in [0.3, 0.4) is 0 Å². The van der Waals surface area contributed by atoms with Gasteiger partial charge in [0.1, 0.15) is 0 Å². The molecule has 2 N–H and O–H groups in total. The van der Waals surface area contributed by atoms with Gasteiger partial charge in [-0.15, -0.1) is 0 Å². The first-order chi connectivity index (χ1) is 11.3. The van der Waals surface area contributed by atoms with Gasteiger partial charge < -0.3 is 20.1 Å². The molecule has 0 atom stereocenters. The summed E-state index contributed by atoms with van der Waals surface area (Å²) in [4.78, 5) is 4.81. The van der Waals surface area contributed by atoms with Crippen molar-refractivity contribution in [1.29, 1.82) is 0 Å². The first kappa shape index (κ1) is 18.5. The predicted molar refractivity (Wildman–Crippen MR) is 94.9 cm³/mol. The maximum atomic E-state index is 5.67. The Labute approximate surface area is 141 Å². The minimum absolute atomic E-state index is 0.381. The van der Waals surface area contributed by atoms with E-state index in [0.717, 1.165) is 64.2 Å². The number of nitrogens with zero attached hydrogens (tertiary/aromatic N) is 1. The monoisotopic (exact) mass is 325 g/mol. The molecule has 2 rings (SSSR count). The molecule has 23 heavy (non-hydrogen) atoms. The molecule has 0 spiro atoms. The Kier molecular flexibility index (Phi) is 8.17. The second-order valence-corrected chi connectivity index (χ2v) is 7.09. The zero-order chi connectivity index (χ0) is 16.4. The van der Waals surface area contributed by atoms with E-state index in [2.05, 4.69) is 17.6 Å². The molecule has 0 aromatic carbocycles. The highest BCUT2D eigenvalue weighted by Crippen LogP contribution is 2.44. The van der Waals surface area contributed by atoms with E-state index in [1.54, 1.807) is 7.11 Å². The molecule has 0 aromatic rings. The normalized spacial score (nSPS) is 20.2. The molecule has 5 heteroatoms. The molecule has 0 heterocycles. The quantitative estimate of drug-likeness (QED) is 0.329. The summed E-state index contributed by atoms with van der Waals surface area (Å²) >= 11 is 0. The van der Waals surface area contributed by atoms with Crippen LogP contribution in [-0.2, 0) is 9.47 Å². The lowest BCUT2D eigenvalue weighted by Gasteiger charge is -2.40. The van der Waals surface area contributed by atoms with E-state index in [9.17, 15) is 0 Å². The Morgan fingerprint density at radius 1 is 1.22 bits per heavy atom. The van der Waals surface area contributed by atoms with Crippen LogP contribution in [0.2, 0.25) is 0 Å². The lowest BCUT2D eigenvalue weighted by atomic mass is 9.67. The molecule has 134 valence electrons. The minimum Gasteiger partial charge on any atom is -0.385 e. The lowest BCUT2D eigenvalue weighted by molar-refractivity contribution is 0.0778. The Morgan fingerprint density at radius 3 is 2.65 bits per heavy atom. The zero-order valence-electron chi connectivity index (χ0n) is 15.0. The van der Waals surface area contributed by atoms with Crippen LogP contribution in [0.15, 0.2) is 4.99 Å². The van der Waals surface area contributed by atoms with Gasteiger partial charge in [0, 0.05) is 46.6 Å². The molecule has 0 aromatic heterocycles. The molecule has 2 fully saturated rings. The summed E-state index contributed by atoms with van der Waals surface area (Å²) in [6.07, 6.45) is 8.79. The first-order valence-electron chi connectivity index (χ1n) is 9.37. The highest BCUT2D eigenvalue weighted by atomic mass is 16.5. The molecule has 2 aliphatic carbocycles. The number of aliphatic imine (C=N–C) groups is 1. The van der Waals surface area contributed by atoms with E-state index in [1.165, 1.54) is 32.1 Å². The van der Waals surface area contributed by atoms with Gasteiger partial charge in [-0.05, 0) is 56.8 Å². The minimum atomic E-state index is 0.381. The fourth-order valence-corrected chi connectivity index (χ4v) is 2.99. The van der Waals surface area contributed by atoms with Crippen LogP contribution >= 0.6 is 0 Å². The third-order valence-electron chi connectivity index (χ3n) is 4.98. The summed E-state index contributed by atoms with van der Waals surface area (Å²) in [6.45, 7) is 7.48. The Hall–Kier alpha value is -0.810. The van der Waals surface area contributed by atoms with Gasteiger partial charge in [-0.2, -0.15) is 0 Å². The van der Waals surface area contributed by atoms with Gasteiger partial charge in [-0.25, -0.2) is 0 Å². The number of hydrogen-bond donors (Lipinski definition) is 2. The van der Waals surface area contributed by atoms with E-state index in [0.29, 0.717) is 5.41 Å². The number of hydrogen-bond acceptors (Lipinski definition) is 3. The topological polar surface area (TPSA) is 54.9 Å². The van der Waals surface area contributed by atoms with Gasteiger partial charge in [0.15, 0.2) is 5.96 Å². The van der Waals surface area contributed by atoms with E-state index >= 15 is 0 Å². The van der Waals surface area contributed by atoms with Crippen molar-refractivity contribution in [3.63, 3.8) is 0 Å². The van der Waals surface area contributed by atoms with E-state index < -0.39 is 0 Å². The van der Waals surface area contributed by atoms with Gasteiger partial charge in [-0.3, -0.25) is 4.99 Å². The van der Waals surface area contributed by atoms with Gasteiger partial charge >= 0.3 is 0 Å². The van der Waals surface area contributed by atoms with Crippen LogP contribution in [0.5, 0.6) is 0 Å². The van der Waals surface area contributed by atoms with Crippen molar-refractivity contribution < 1.29 is 9.47 Å². The van der Waals surface area contributed by atoms with Crippen LogP contribution in [0, 0.1) is 11.3 Å². The van der Waals surface area contributed by atoms with Gasteiger partial charge in [0.2, 0.25) is 0 Å². The summed E-state index contributed by atoms with van der Waals surface area (Å²) < 4.78 is 10.9. The van der Waals surface area contributed by atoms with Crippen molar-refractivity contribution in [3.05, 3.63) is 0 Å². The van der Waals surface area contributed by atoms with Crippen molar-refractivity contribution in [3.8, 4) is 0 Å². The fourth-order valence-electron chi connectivity index (χ4n) is 2.99. The number of guanidine groups is 1. The van der Waals surface area contributed by atoms with E-state index in [4.69, 9.17) is 14.5 Å². The molecule has 0 unspecified atom stereocenters. The lowest BCUT2D eigenvalue weighted by Crippen LogP contribution is -2.40. The molecule has 0 aliphatic heterocycles. The number of ether oxygens (including phenoxy) is 2. The van der Waals surface area contributed by atoms with E-state index in [1.807, 2.05) is 0 Å². The number of methoxy groups -OCH3 is 1. The second kappa shape index (κ2) is 10.1. The smallest absolute Gasteiger partial charge is 0.191 e. The standard InChI is InChI=1S/C18H35N3O2/c1-3-19-17(20-11-5-12-23-14-16-6-7-16)21-15-18(8-4-9-18)10-13-22-2/h16H,3-15H2,1-2H3,(H2,19,20,21). The van der Waals surface area contributed by atoms with Crippen molar-refractivity contribution in [2.24, 2.45) is 16.3 Å². The van der Waals surface area contributed by atoms with Crippen LogP contribution < -0.4 is 10.6 Å². The summed E-state index contributed by atoms with van der Waals surface area (Å²) in [6, 6.07) is 0. The second-order valence-electron chi connectivity index (χ2n) is 7.09. The summed E-state index contributed by atoms with van der Waals surface area (Å²) in [5.74, 6) is 1.80. The molecular formula is C18H35N3O2. The molecule has 0 radical (unpaired) electrons. The zero-order valence-corrected chi connectivity index (χ0v) is 15.0. The van der Waals surface area contributed by atoms with Crippen molar-refractivity contribution >= 4 is 5.96 Å². The summed E-state index contributed by atoms with van der Waals surface area (Å²) in [5.41, 5.74) is 0.381. The van der Waals surface area contributed by atoms with E-state index in [-0.39, 0.29) is 0 Å². The highest BCUT2D eigenvalue weighted by molar-refractivity contribution is 5.79. The van der Waals surface area contributed by atoms with Crippen molar-refractivity contribution in [1.82, 2.24) is 10.6 Å². The van der Waals surface area contributed by atoms with Crippen LogP contribution in [0.4, 0.5) is 0 Å². The Bertz CT molecular complexity index is 352. The molecule has 0 saturated heterocycles. The third-order valence-corrected chi connectivity index (χ3v) is 4.98. The van der Waals surface area contributed by atoms with Crippen LogP contribution in [0.25, 0.3) is 0 Å². The van der Waals surface area contributed by atoms with Gasteiger partial charge in [-0.1, -0.05) is 6.42 Å². The summed E-state index contributed by atoms with van der Waals surface area (Å²) in [7, 11) is 1.78. The first-order valence-corrected chi connectivity index (χ1v) is 9.37.